The summed E-state index contributed by atoms with van der Waals surface area (Å²) in [7, 11) is 2.03. The molecule has 0 saturated heterocycles. The van der Waals surface area contributed by atoms with E-state index < -0.39 is 0 Å². The zero-order chi connectivity index (χ0) is 11.4. The van der Waals surface area contributed by atoms with Gasteiger partial charge in [-0.2, -0.15) is 0 Å². The average Bonchev–Trinajstić information content (AvgIpc) is 2.02. The van der Waals surface area contributed by atoms with Gasteiger partial charge in [0.2, 0.25) is 0 Å². The maximum Gasteiger partial charge on any atom is 0.0327 e. The molecule has 0 amide bonds. The molecule has 0 radical (unpaired) electrons. The standard InChI is InChI=1S/C13H23N/c1-8-9-12(3)14(7)10-11(2)13(4,5)6/h8-10H,3H2,1-2,4-7H3/b9-8+,11-10+. The van der Waals surface area contributed by atoms with Gasteiger partial charge in [-0.1, -0.05) is 39.0 Å². The van der Waals surface area contributed by atoms with Crippen molar-refractivity contribution in [2.45, 2.75) is 34.6 Å². The van der Waals surface area contributed by atoms with E-state index in [2.05, 4.69) is 45.4 Å². The molecule has 0 unspecified atom stereocenters. The largest absolute Gasteiger partial charge is 0.352 e. The van der Waals surface area contributed by atoms with Crippen LogP contribution in [0.3, 0.4) is 0 Å². The third-order valence-corrected chi connectivity index (χ3v) is 2.38. The smallest absolute Gasteiger partial charge is 0.0327 e. The van der Waals surface area contributed by atoms with E-state index in [0.29, 0.717) is 0 Å². The summed E-state index contributed by atoms with van der Waals surface area (Å²) in [5.74, 6) is 0. The quantitative estimate of drug-likeness (QED) is 0.613. The summed E-state index contributed by atoms with van der Waals surface area (Å²) in [6.07, 6.45) is 6.15. The van der Waals surface area contributed by atoms with Crippen molar-refractivity contribution < 1.29 is 0 Å². The predicted molar refractivity (Wildman–Crippen MR) is 64.9 cm³/mol. The average molecular weight is 193 g/mol. The van der Waals surface area contributed by atoms with Crippen LogP contribution in [-0.2, 0) is 0 Å². The molecule has 0 aliphatic carbocycles. The third-order valence-electron chi connectivity index (χ3n) is 2.38. The summed E-state index contributed by atoms with van der Waals surface area (Å²) in [5, 5.41) is 0. The van der Waals surface area contributed by atoms with Crippen LogP contribution >= 0.6 is 0 Å². The number of allylic oxidation sites excluding steroid dienone is 3. The highest BCUT2D eigenvalue weighted by molar-refractivity contribution is 5.17. The molecule has 14 heavy (non-hydrogen) atoms. The molecule has 0 aromatic rings. The van der Waals surface area contributed by atoms with Crippen LogP contribution in [0.1, 0.15) is 34.6 Å². The molecule has 0 fully saturated rings. The maximum atomic E-state index is 3.97. The van der Waals surface area contributed by atoms with Crippen molar-refractivity contribution in [3.63, 3.8) is 0 Å². The molecule has 0 rings (SSSR count). The topological polar surface area (TPSA) is 3.24 Å². The molecule has 0 saturated carbocycles. The summed E-state index contributed by atoms with van der Waals surface area (Å²) in [6.45, 7) is 14.8. The Labute approximate surface area is 88.8 Å². The Bertz CT molecular complexity index is 251. The van der Waals surface area contributed by atoms with Crippen LogP contribution in [0.4, 0.5) is 0 Å². The number of nitrogens with zero attached hydrogens (tertiary/aromatic N) is 1. The molecule has 1 heteroatoms. The third kappa shape index (κ3) is 4.31. The Hall–Kier alpha value is -0.980. The summed E-state index contributed by atoms with van der Waals surface area (Å²) >= 11 is 0. The molecule has 0 atom stereocenters. The summed E-state index contributed by atoms with van der Waals surface area (Å²) in [6, 6.07) is 0. The minimum absolute atomic E-state index is 0.227. The molecule has 0 bridgehead atoms. The lowest BCUT2D eigenvalue weighted by Gasteiger charge is -2.23. The number of rotatable bonds is 3. The molecular weight excluding hydrogens is 170 g/mol. The lowest BCUT2D eigenvalue weighted by Crippen LogP contribution is -2.13. The van der Waals surface area contributed by atoms with Crippen LogP contribution in [0.5, 0.6) is 0 Å². The second kappa shape index (κ2) is 5.04. The lowest BCUT2D eigenvalue weighted by molar-refractivity contribution is 0.478. The van der Waals surface area contributed by atoms with Crippen LogP contribution in [0.25, 0.3) is 0 Å². The molecule has 0 aromatic heterocycles. The Morgan fingerprint density at radius 2 is 1.79 bits per heavy atom. The zero-order valence-corrected chi connectivity index (χ0v) is 10.4. The Balaban J connectivity index is 4.59. The van der Waals surface area contributed by atoms with Crippen LogP contribution in [0.15, 0.2) is 36.2 Å². The monoisotopic (exact) mass is 193 g/mol. The molecule has 0 aliphatic rings. The van der Waals surface area contributed by atoms with E-state index in [9.17, 15) is 0 Å². The van der Waals surface area contributed by atoms with Gasteiger partial charge in [0, 0.05) is 18.9 Å². The first-order chi connectivity index (χ1) is 6.29. The van der Waals surface area contributed by atoms with E-state index in [0.717, 1.165) is 5.70 Å². The Morgan fingerprint density at radius 1 is 1.29 bits per heavy atom. The van der Waals surface area contributed by atoms with Gasteiger partial charge in [-0.15, -0.1) is 0 Å². The van der Waals surface area contributed by atoms with E-state index in [4.69, 9.17) is 0 Å². The van der Waals surface area contributed by atoms with Crippen molar-refractivity contribution in [2.75, 3.05) is 7.05 Å². The van der Waals surface area contributed by atoms with Gasteiger partial charge in [0.25, 0.3) is 0 Å². The van der Waals surface area contributed by atoms with Crippen molar-refractivity contribution >= 4 is 0 Å². The highest BCUT2D eigenvalue weighted by Crippen LogP contribution is 2.25. The molecule has 0 aromatic carbocycles. The molecular formula is C13H23N. The molecule has 80 valence electrons. The summed E-state index contributed by atoms with van der Waals surface area (Å²) in [5.41, 5.74) is 2.59. The molecule has 0 heterocycles. The van der Waals surface area contributed by atoms with Crippen LogP contribution in [0.2, 0.25) is 0 Å². The second-order valence-corrected chi connectivity index (χ2v) is 4.66. The zero-order valence-electron chi connectivity index (χ0n) is 10.4. The van der Waals surface area contributed by atoms with Crippen LogP contribution < -0.4 is 0 Å². The van der Waals surface area contributed by atoms with Gasteiger partial charge in [0.15, 0.2) is 0 Å². The normalized spacial score (nSPS) is 13.4. The minimum atomic E-state index is 0.227. The van der Waals surface area contributed by atoms with Crippen molar-refractivity contribution in [3.8, 4) is 0 Å². The fourth-order valence-corrected chi connectivity index (χ4v) is 0.877. The Kier molecular flexibility index (Phi) is 4.69. The van der Waals surface area contributed by atoms with Crippen molar-refractivity contribution in [1.82, 2.24) is 4.90 Å². The first-order valence-electron chi connectivity index (χ1n) is 5.02. The fourth-order valence-electron chi connectivity index (χ4n) is 0.877. The molecule has 0 spiro atoms. The van der Waals surface area contributed by atoms with Gasteiger partial charge in [-0.25, -0.2) is 0 Å². The van der Waals surface area contributed by atoms with Gasteiger partial charge in [0.05, 0.1) is 0 Å². The number of likely N-dealkylation sites (N-methyl/N-ethyl adjacent to an activating group) is 1. The molecule has 0 N–H and O–H groups in total. The molecule has 0 aliphatic heterocycles. The lowest BCUT2D eigenvalue weighted by atomic mass is 9.88. The predicted octanol–water partition coefficient (Wildman–Crippen LogP) is 3.96. The van der Waals surface area contributed by atoms with Gasteiger partial charge < -0.3 is 4.90 Å². The van der Waals surface area contributed by atoms with Gasteiger partial charge in [-0.05, 0) is 25.3 Å². The summed E-state index contributed by atoms with van der Waals surface area (Å²) in [4.78, 5) is 2.06. The second-order valence-electron chi connectivity index (χ2n) is 4.66. The van der Waals surface area contributed by atoms with Crippen molar-refractivity contribution in [2.24, 2.45) is 5.41 Å². The van der Waals surface area contributed by atoms with Crippen LogP contribution in [-0.4, -0.2) is 11.9 Å². The minimum Gasteiger partial charge on any atom is -0.352 e. The number of hydrogen-bond acceptors (Lipinski definition) is 1. The SMILES string of the molecule is C=C(/C=C/C)N(C)/C=C(\C)C(C)(C)C. The Morgan fingerprint density at radius 3 is 2.14 bits per heavy atom. The van der Waals surface area contributed by atoms with E-state index >= 15 is 0 Å². The van der Waals surface area contributed by atoms with Gasteiger partial charge in [0.1, 0.15) is 0 Å². The highest BCUT2D eigenvalue weighted by Gasteiger charge is 2.12. The first kappa shape index (κ1) is 13.0. The van der Waals surface area contributed by atoms with E-state index in [1.807, 2.05) is 26.1 Å². The van der Waals surface area contributed by atoms with E-state index in [1.165, 1.54) is 5.57 Å². The highest BCUT2D eigenvalue weighted by atomic mass is 15.1. The van der Waals surface area contributed by atoms with Crippen LogP contribution in [0, 0.1) is 5.41 Å². The van der Waals surface area contributed by atoms with E-state index in [1.54, 1.807) is 0 Å². The first-order valence-corrected chi connectivity index (χ1v) is 5.02. The van der Waals surface area contributed by atoms with Crippen molar-refractivity contribution in [1.29, 1.82) is 0 Å². The molecule has 1 nitrogen and oxygen atoms in total. The maximum absolute atomic E-state index is 3.97. The summed E-state index contributed by atoms with van der Waals surface area (Å²) < 4.78 is 0. The number of hydrogen-bond donors (Lipinski definition) is 0. The van der Waals surface area contributed by atoms with Gasteiger partial charge >= 0.3 is 0 Å². The van der Waals surface area contributed by atoms with Crippen molar-refractivity contribution in [3.05, 3.63) is 36.2 Å². The van der Waals surface area contributed by atoms with E-state index in [-0.39, 0.29) is 5.41 Å². The fraction of sp³-hybridized carbons (Fsp3) is 0.538. The van der Waals surface area contributed by atoms with Gasteiger partial charge in [-0.3, -0.25) is 0 Å².